The van der Waals surface area contributed by atoms with E-state index < -0.39 is 0 Å². The predicted molar refractivity (Wildman–Crippen MR) is 85.2 cm³/mol. The van der Waals surface area contributed by atoms with E-state index in [1.165, 1.54) is 17.5 Å². The molecule has 0 atom stereocenters. The number of hydrogen-bond donors (Lipinski definition) is 1. The maximum atomic E-state index is 12.8. The number of fused-ring (bicyclic) bond motifs is 2. The number of aromatic amines is 1. The van der Waals surface area contributed by atoms with E-state index >= 15 is 0 Å². The Morgan fingerprint density at radius 3 is 2.86 bits per heavy atom. The zero-order valence-corrected chi connectivity index (χ0v) is 12.2. The Balaban J connectivity index is 1.83. The second-order valence-corrected chi connectivity index (χ2v) is 5.94. The first-order valence-corrected chi connectivity index (χ1v) is 7.54. The van der Waals surface area contributed by atoms with Gasteiger partial charge in [-0.15, -0.1) is 0 Å². The predicted octanol–water partition coefficient (Wildman–Crippen LogP) is 4.54. The van der Waals surface area contributed by atoms with Gasteiger partial charge in [0.2, 0.25) is 0 Å². The van der Waals surface area contributed by atoms with Gasteiger partial charge in [-0.25, -0.2) is 0 Å². The van der Waals surface area contributed by atoms with E-state index in [2.05, 4.69) is 11.1 Å². The third-order valence-electron chi connectivity index (χ3n) is 4.26. The topological polar surface area (TPSA) is 32.9 Å². The largest absolute Gasteiger partial charge is 0.360 e. The van der Waals surface area contributed by atoms with E-state index in [9.17, 15) is 4.79 Å². The van der Waals surface area contributed by atoms with Crippen molar-refractivity contribution in [2.24, 2.45) is 0 Å². The summed E-state index contributed by atoms with van der Waals surface area (Å²) in [5.41, 5.74) is 4.98. The molecule has 0 amide bonds. The number of nitrogens with one attached hydrogen (secondary N) is 1. The van der Waals surface area contributed by atoms with E-state index in [0.29, 0.717) is 10.6 Å². The monoisotopic (exact) mass is 295 g/mol. The fourth-order valence-electron chi connectivity index (χ4n) is 3.19. The zero-order chi connectivity index (χ0) is 14.4. The van der Waals surface area contributed by atoms with Crippen molar-refractivity contribution in [3.05, 3.63) is 69.9 Å². The van der Waals surface area contributed by atoms with Gasteiger partial charge >= 0.3 is 0 Å². The molecule has 0 saturated carbocycles. The summed E-state index contributed by atoms with van der Waals surface area (Å²) in [7, 11) is 0. The summed E-state index contributed by atoms with van der Waals surface area (Å²) >= 11 is 6.26. The van der Waals surface area contributed by atoms with Crippen LogP contribution < -0.4 is 0 Å². The van der Waals surface area contributed by atoms with Crippen molar-refractivity contribution in [2.45, 2.75) is 19.3 Å². The molecule has 0 radical (unpaired) electrons. The molecule has 1 aliphatic carbocycles. The fourth-order valence-corrected chi connectivity index (χ4v) is 3.46. The van der Waals surface area contributed by atoms with Crippen molar-refractivity contribution in [1.82, 2.24) is 4.98 Å². The third kappa shape index (κ3) is 1.98. The Morgan fingerprint density at radius 2 is 1.95 bits per heavy atom. The molecule has 0 unspecified atom stereocenters. The molecule has 0 aliphatic heterocycles. The molecule has 1 N–H and O–H groups in total. The van der Waals surface area contributed by atoms with E-state index in [1.807, 2.05) is 30.3 Å². The van der Waals surface area contributed by atoms with Gasteiger partial charge in [-0.1, -0.05) is 29.8 Å². The molecule has 21 heavy (non-hydrogen) atoms. The first-order chi connectivity index (χ1) is 10.2. The van der Waals surface area contributed by atoms with Crippen LogP contribution in [0.1, 0.15) is 33.5 Å². The van der Waals surface area contributed by atoms with Gasteiger partial charge in [0.1, 0.15) is 0 Å². The summed E-state index contributed by atoms with van der Waals surface area (Å²) in [6, 6.07) is 11.7. The van der Waals surface area contributed by atoms with Gasteiger partial charge in [0.25, 0.3) is 0 Å². The van der Waals surface area contributed by atoms with E-state index in [1.54, 1.807) is 6.20 Å². The van der Waals surface area contributed by atoms with Gasteiger partial charge in [-0.2, -0.15) is 0 Å². The lowest BCUT2D eigenvalue weighted by Crippen LogP contribution is -2.01. The molecule has 0 fully saturated rings. The van der Waals surface area contributed by atoms with Crippen LogP contribution in [-0.2, 0) is 12.8 Å². The van der Waals surface area contributed by atoms with Gasteiger partial charge in [-0.3, -0.25) is 4.79 Å². The van der Waals surface area contributed by atoms with Crippen molar-refractivity contribution in [2.75, 3.05) is 0 Å². The van der Waals surface area contributed by atoms with E-state index in [4.69, 9.17) is 11.6 Å². The second kappa shape index (κ2) is 4.74. The highest BCUT2D eigenvalue weighted by molar-refractivity contribution is 6.37. The molecule has 3 aromatic rings. The lowest BCUT2D eigenvalue weighted by molar-refractivity contribution is 0.104. The lowest BCUT2D eigenvalue weighted by Gasteiger charge is -2.04. The smallest absolute Gasteiger partial charge is 0.195 e. The minimum Gasteiger partial charge on any atom is -0.360 e. The van der Waals surface area contributed by atoms with Crippen LogP contribution in [0.25, 0.3) is 10.9 Å². The number of ketones is 1. The number of halogens is 1. The number of carbonyl (C=O) groups is 1. The van der Waals surface area contributed by atoms with Gasteiger partial charge in [0.15, 0.2) is 5.78 Å². The number of aryl methyl sites for hydroxylation is 2. The number of hydrogen-bond acceptors (Lipinski definition) is 1. The summed E-state index contributed by atoms with van der Waals surface area (Å²) in [5, 5.41) is 1.42. The van der Waals surface area contributed by atoms with Crippen LogP contribution in [-0.4, -0.2) is 10.8 Å². The average molecular weight is 296 g/mol. The van der Waals surface area contributed by atoms with Crippen molar-refractivity contribution in [3.8, 4) is 0 Å². The van der Waals surface area contributed by atoms with Gasteiger partial charge in [0, 0.05) is 28.2 Å². The molecule has 1 aromatic heterocycles. The normalized spacial score (nSPS) is 13.6. The first-order valence-electron chi connectivity index (χ1n) is 7.16. The maximum Gasteiger partial charge on any atom is 0.195 e. The van der Waals surface area contributed by atoms with Gasteiger partial charge < -0.3 is 4.98 Å². The quantitative estimate of drug-likeness (QED) is 0.692. The van der Waals surface area contributed by atoms with Crippen LogP contribution in [0.5, 0.6) is 0 Å². The standard InChI is InChI=1S/C18H14ClNO/c19-15-5-2-6-16-17(15)14(10-20-16)18(21)13-8-7-11-3-1-4-12(11)9-13/h2,5-10,20H,1,3-4H2. The number of aromatic nitrogens is 1. The number of benzene rings is 2. The minimum atomic E-state index is 0.0315. The van der Waals surface area contributed by atoms with Crippen molar-refractivity contribution in [3.63, 3.8) is 0 Å². The van der Waals surface area contributed by atoms with Gasteiger partial charge in [-0.05, 0) is 48.6 Å². The molecule has 2 aromatic carbocycles. The Kier molecular flexibility index (Phi) is 2.86. The molecule has 0 bridgehead atoms. The third-order valence-corrected chi connectivity index (χ3v) is 4.58. The first kappa shape index (κ1) is 12.7. The van der Waals surface area contributed by atoms with Crippen molar-refractivity contribution in [1.29, 1.82) is 0 Å². The summed E-state index contributed by atoms with van der Waals surface area (Å²) in [6.07, 6.45) is 5.14. The molecule has 0 spiro atoms. The molecule has 1 heterocycles. The van der Waals surface area contributed by atoms with Crippen LogP contribution in [0.2, 0.25) is 5.02 Å². The Bertz CT molecular complexity index is 863. The molecule has 2 nitrogen and oxygen atoms in total. The van der Waals surface area contributed by atoms with Crippen LogP contribution >= 0.6 is 11.6 Å². The Labute approximate surface area is 127 Å². The van der Waals surface area contributed by atoms with Gasteiger partial charge in [0.05, 0.1) is 5.02 Å². The second-order valence-electron chi connectivity index (χ2n) is 5.53. The SMILES string of the molecule is O=C(c1ccc2c(c1)CCC2)c1c[nH]c2cccc(Cl)c12. The van der Waals surface area contributed by atoms with Crippen LogP contribution in [0.4, 0.5) is 0 Å². The highest BCUT2D eigenvalue weighted by Crippen LogP contribution is 2.29. The Hall–Kier alpha value is -2.06. The maximum absolute atomic E-state index is 12.8. The number of rotatable bonds is 2. The number of carbonyl (C=O) groups excluding carboxylic acids is 1. The van der Waals surface area contributed by atoms with Crippen LogP contribution in [0, 0.1) is 0 Å². The van der Waals surface area contributed by atoms with E-state index in [0.717, 1.165) is 29.3 Å². The number of H-pyrrole nitrogens is 1. The Morgan fingerprint density at radius 1 is 1.10 bits per heavy atom. The highest BCUT2D eigenvalue weighted by Gasteiger charge is 2.18. The summed E-state index contributed by atoms with van der Waals surface area (Å²) in [4.78, 5) is 15.9. The van der Waals surface area contributed by atoms with E-state index in [-0.39, 0.29) is 5.78 Å². The summed E-state index contributed by atoms with van der Waals surface area (Å²) in [5.74, 6) is 0.0315. The van der Waals surface area contributed by atoms with Crippen LogP contribution in [0.15, 0.2) is 42.6 Å². The lowest BCUT2D eigenvalue weighted by atomic mass is 9.99. The molecular formula is C18H14ClNO. The molecule has 4 rings (SSSR count). The summed E-state index contributed by atoms with van der Waals surface area (Å²) in [6.45, 7) is 0. The molecule has 3 heteroatoms. The molecule has 1 aliphatic rings. The fraction of sp³-hybridized carbons (Fsp3) is 0.167. The summed E-state index contributed by atoms with van der Waals surface area (Å²) < 4.78 is 0. The molecule has 0 saturated heterocycles. The highest BCUT2D eigenvalue weighted by atomic mass is 35.5. The molecular weight excluding hydrogens is 282 g/mol. The van der Waals surface area contributed by atoms with Crippen molar-refractivity contribution < 1.29 is 4.79 Å². The van der Waals surface area contributed by atoms with Crippen LogP contribution in [0.3, 0.4) is 0 Å². The zero-order valence-electron chi connectivity index (χ0n) is 11.4. The van der Waals surface area contributed by atoms with Crippen molar-refractivity contribution >= 4 is 28.3 Å². The minimum absolute atomic E-state index is 0.0315. The molecule has 104 valence electrons. The average Bonchev–Trinajstić information content (AvgIpc) is 3.13.